The number of amides is 2. The maximum Gasteiger partial charge on any atom is 0.274 e. The number of hydrogen-bond acceptors (Lipinski definition) is 7. The number of rotatable bonds is 5. The van der Waals surface area contributed by atoms with Crippen molar-refractivity contribution in [2.24, 2.45) is 0 Å². The van der Waals surface area contributed by atoms with Gasteiger partial charge in [0.25, 0.3) is 5.91 Å². The lowest BCUT2D eigenvalue weighted by Gasteiger charge is -2.36. The molecule has 3 aromatic heterocycles. The number of H-pyrrole nitrogens is 1. The molecule has 5 aromatic rings. The summed E-state index contributed by atoms with van der Waals surface area (Å²) >= 11 is 1.38. The Morgan fingerprint density at radius 1 is 1.13 bits per heavy atom. The molecular weight excluding hydrogens is 505 g/mol. The van der Waals surface area contributed by atoms with Crippen molar-refractivity contribution in [1.82, 2.24) is 29.7 Å². The van der Waals surface area contributed by atoms with Gasteiger partial charge in [-0.25, -0.2) is 9.37 Å². The van der Waals surface area contributed by atoms with Crippen LogP contribution < -0.4 is 5.32 Å². The first kappa shape index (κ1) is 24.0. The Kier molecular flexibility index (Phi) is 5.99. The van der Waals surface area contributed by atoms with Crippen molar-refractivity contribution in [1.29, 1.82) is 0 Å². The summed E-state index contributed by atoms with van der Waals surface area (Å²) in [5, 5.41) is 4.08. The lowest BCUT2D eigenvalue weighted by molar-refractivity contribution is -0.134. The zero-order chi connectivity index (χ0) is 26.4. The summed E-state index contributed by atoms with van der Waals surface area (Å²) in [6.45, 7) is 0.580. The number of likely N-dealkylation sites (N-methyl/N-ethyl adjacent to an activating group) is 1. The summed E-state index contributed by atoms with van der Waals surface area (Å²) in [6.07, 6.45) is 3.58. The monoisotopic (exact) mass is 529 g/mol. The Morgan fingerprint density at radius 2 is 1.95 bits per heavy atom. The van der Waals surface area contributed by atoms with Crippen LogP contribution in [0.2, 0.25) is 0 Å². The summed E-state index contributed by atoms with van der Waals surface area (Å²) in [4.78, 5) is 47.2. The van der Waals surface area contributed by atoms with E-state index in [2.05, 4.69) is 25.3 Å². The summed E-state index contributed by atoms with van der Waals surface area (Å²) in [5.74, 6) is -0.851. The van der Waals surface area contributed by atoms with E-state index in [-0.39, 0.29) is 30.6 Å². The van der Waals surface area contributed by atoms with Crippen LogP contribution in [0.4, 0.5) is 10.1 Å². The van der Waals surface area contributed by atoms with Gasteiger partial charge in [0.1, 0.15) is 17.6 Å². The molecule has 4 heterocycles. The Labute approximate surface area is 221 Å². The molecule has 1 aliphatic rings. The summed E-state index contributed by atoms with van der Waals surface area (Å²) in [5.41, 5.74) is 6.80. The molecule has 0 saturated carbocycles. The van der Waals surface area contributed by atoms with E-state index in [1.54, 1.807) is 43.0 Å². The highest BCUT2D eigenvalue weighted by atomic mass is 32.1. The van der Waals surface area contributed by atoms with Crippen LogP contribution in [-0.2, 0) is 24.3 Å². The average molecular weight is 530 g/mol. The normalized spacial score (nSPS) is 15.0. The molecule has 2 amide bonds. The molecule has 1 aliphatic heterocycles. The third-order valence-electron chi connectivity index (χ3n) is 6.81. The Morgan fingerprint density at radius 3 is 2.76 bits per heavy atom. The Balaban J connectivity index is 1.29. The van der Waals surface area contributed by atoms with Gasteiger partial charge in [0.2, 0.25) is 5.91 Å². The topological polar surface area (TPSA) is 107 Å². The molecule has 1 atom stereocenters. The van der Waals surface area contributed by atoms with E-state index in [1.807, 2.05) is 18.2 Å². The third kappa shape index (κ3) is 4.24. The first-order valence-corrected chi connectivity index (χ1v) is 12.9. The van der Waals surface area contributed by atoms with Gasteiger partial charge in [0, 0.05) is 55.2 Å². The van der Waals surface area contributed by atoms with Gasteiger partial charge in [-0.2, -0.15) is 0 Å². The molecule has 11 heteroatoms. The molecule has 9 nitrogen and oxygen atoms in total. The maximum absolute atomic E-state index is 14.0. The van der Waals surface area contributed by atoms with E-state index in [0.29, 0.717) is 12.2 Å². The van der Waals surface area contributed by atoms with E-state index in [1.165, 1.54) is 28.4 Å². The summed E-state index contributed by atoms with van der Waals surface area (Å²) in [7, 11) is 3.34. The molecule has 0 fully saturated rings. The predicted octanol–water partition coefficient (Wildman–Crippen LogP) is 3.97. The molecule has 192 valence electrons. The van der Waals surface area contributed by atoms with Gasteiger partial charge in [-0.05, 0) is 42.0 Å². The summed E-state index contributed by atoms with van der Waals surface area (Å²) in [6, 6.07) is 9.53. The van der Waals surface area contributed by atoms with Crippen LogP contribution in [0.1, 0.15) is 26.6 Å². The SMILES string of the molecule is CN(C)C(=O)C1Cc2c([nH]c3ccc(F)cc23)CN1C(=O)c1ncsc1CNc1ccc2nccnc2c1. The van der Waals surface area contributed by atoms with Gasteiger partial charge in [-0.15, -0.1) is 11.3 Å². The standard InChI is InChI=1S/C27H24FN7O2S/c1-34(2)26(36)23-11-18-17-9-15(28)3-5-19(17)33-22(18)13-35(23)27(37)25-24(38-14-32-25)12-31-16-4-6-20-21(10-16)30-8-7-29-20/h3-10,14,23,31,33H,11-13H2,1-2H3. The number of nitrogens with zero attached hydrogens (tertiary/aromatic N) is 5. The fourth-order valence-corrected chi connectivity index (χ4v) is 5.61. The average Bonchev–Trinajstić information content (AvgIpc) is 3.54. The summed E-state index contributed by atoms with van der Waals surface area (Å²) < 4.78 is 14.0. The molecule has 0 saturated heterocycles. The number of anilines is 1. The zero-order valence-corrected chi connectivity index (χ0v) is 21.6. The molecule has 0 spiro atoms. The van der Waals surface area contributed by atoms with E-state index in [4.69, 9.17) is 0 Å². The predicted molar refractivity (Wildman–Crippen MR) is 143 cm³/mol. The third-order valence-corrected chi connectivity index (χ3v) is 7.64. The van der Waals surface area contributed by atoms with Crippen molar-refractivity contribution in [3.05, 3.63) is 81.9 Å². The van der Waals surface area contributed by atoms with E-state index < -0.39 is 6.04 Å². The molecule has 2 N–H and O–H groups in total. The number of carbonyl (C=O) groups is 2. The molecule has 2 aromatic carbocycles. The number of thiazole rings is 1. The fraction of sp³-hybridized carbons (Fsp3) is 0.222. The second kappa shape index (κ2) is 9.49. The highest BCUT2D eigenvalue weighted by molar-refractivity contribution is 7.10. The van der Waals surface area contributed by atoms with Gasteiger partial charge in [0.05, 0.1) is 34.5 Å². The maximum atomic E-state index is 14.0. The van der Waals surface area contributed by atoms with Crippen LogP contribution in [0.25, 0.3) is 21.9 Å². The molecule has 0 radical (unpaired) electrons. The van der Waals surface area contributed by atoms with E-state index in [0.717, 1.165) is 43.8 Å². The smallest absolute Gasteiger partial charge is 0.274 e. The minimum atomic E-state index is -0.728. The second-order valence-corrected chi connectivity index (χ2v) is 10.3. The van der Waals surface area contributed by atoms with Crippen LogP contribution in [0.15, 0.2) is 54.3 Å². The van der Waals surface area contributed by atoms with Crippen molar-refractivity contribution in [2.75, 3.05) is 19.4 Å². The van der Waals surface area contributed by atoms with Gasteiger partial charge in [-0.3, -0.25) is 19.6 Å². The second-order valence-electron chi connectivity index (χ2n) is 9.40. The highest BCUT2D eigenvalue weighted by Gasteiger charge is 2.38. The first-order valence-electron chi connectivity index (χ1n) is 12.1. The van der Waals surface area contributed by atoms with Gasteiger partial charge < -0.3 is 20.1 Å². The lowest BCUT2D eigenvalue weighted by Crippen LogP contribution is -2.52. The number of halogens is 1. The number of aromatic nitrogens is 4. The van der Waals surface area contributed by atoms with Crippen molar-refractivity contribution in [2.45, 2.75) is 25.6 Å². The van der Waals surface area contributed by atoms with Crippen LogP contribution in [0, 0.1) is 5.82 Å². The molecule has 6 rings (SSSR count). The minimum Gasteiger partial charge on any atom is -0.380 e. The molecule has 1 unspecified atom stereocenters. The largest absolute Gasteiger partial charge is 0.380 e. The molecule has 0 bridgehead atoms. The Bertz CT molecular complexity index is 1700. The van der Waals surface area contributed by atoms with Crippen molar-refractivity contribution >= 4 is 50.8 Å². The quantitative estimate of drug-likeness (QED) is 0.357. The van der Waals surface area contributed by atoms with Crippen LogP contribution >= 0.6 is 11.3 Å². The number of fused-ring (bicyclic) bond motifs is 4. The van der Waals surface area contributed by atoms with Gasteiger partial charge in [0.15, 0.2) is 0 Å². The molecule has 0 aliphatic carbocycles. The number of hydrogen-bond donors (Lipinski definition) is 2. The van der Waals surface area contributed by atoms with Crippen molar-refractivity contribution in [3.8, 4) is 0 Å². The van der Waals surface area contributed by atoms with E-state index >= 15 is 0 Å². The van der Waals surface area contributed by atoms with Gasteiger partial charge in [-0.1, -0.05) is 0 Å². The number of aromatic amines is 1. The number of nitrogens with one attached hydrogen (secondary N) is 2. The zero-order valence-electron chi connectivity index (χ0n) is 20.7. The molecular formula is C27H24FN7O2S. The highest BCUT2D eigenvalue weighted by Crippen LogP contribution is 2.33. The van der Waals surface area contributed by atoms with Crippen molar-refractivity contribution < 1.29 is 14.0 Å². The molecule has 38 heavy (non-hydrogen) atoms. The lowest BCUT2D eigenvalue weighted by atomic mass is 9.95. The number of benzene rings is 2. The first-order chi connectivity index (χ1) is 18.4. The van der Waals surface area contributed by atoms with Crippen LogP contribution in [0.5, 0.6) is 0 Å². The Hall–Kier alpha value is -4.38. The fourth-order valence-electron chi connectivity index (χ4n) is 4.92. The van der Waals surface area contributed by atoms with Crippen LogP contribution in [0.3, 0.4) is 0 Å². The van der Waals surface area contributed by atoms with Gasteiger partial charge >= 0.3 is 0 Å². The minimum absolute atomic E-state index is 0.193. The van der Waals surface area contributed by atoms with Crippen molar-refractivity contribution in [3.63, 3.8) is 0 Å². The van der Waals surface area contributed by atoms with E-state index in [9.17, 15) is 14.0 Å². The number of carbonyl (C=O) groups excluding carboxylic acids is 2. The van der Waals surface area contributed by atoms with Crippen LogP contribution in [-0.4, -0.2) is 61.7 Å².